The summed E-state index contributed by atoms with van der Waals surface area (Å²) in [6.07, 6.45) is -0.832. The molecule has 0 radical (unpaired) electrons. The van der Waals surface area contributed by atoms with Crippen LogP contribution < -0.4 is 10.2 Å². The molecule has 2 amide bonds. The van der Waals surface area contributed by atoms with Crippen LogP contribution in [0.3, 0.4) is 0 Å². The van der Waals surface area contributed by atoms with E-state index >= 15 is 0 Å². The maximum Gasteiger partial charge on any atom is 0.509 e. The molecule has 0 fully saturated rings. The van der Waals surface area contributed by atoms with Gasteiger partial charge in [0.15, 0.2) is 6.61 Å². The first-order valence-corrected chi connectivity index (χ1v) is 13.0. The Morgan fingerprint density at radius 2 is 1.75 bits per heavy atom. The minimum absolute atomic E-state index is 0.231. The zero-order valence-corrected chi connectivity index (χ0v) is 23.1. The van der Waals surface area contributed by atoms with Gasteiger partial charge in [0.05, 0.1) is 12.8 Å². The number of carbonyl (C=O) groups is 4. The fraction of sp³-hybridized carbons (Fsp3) is 0.267. The molecular weight excluding hydrogens is 536 g/mol. The Hall–Kier alpha value is -4.37. The molecule has 1 heterocycles. The molecule has 0 saturated carbocycles. The molecule has 0 spiro atoms. The molecule has 1 unspecified atom stereocenters. The minimum atomic E-state index is -1.03. The number of hydrogen-bond acceptors (Lipinski definition) is 7. The quantitative estimate of drug-likeness (QED) is 0.364. The highest BCUT2D eigenvalue weighted by Crippen LogP contribution is 2.38. The van der Waals surface area contributed by atoms with Gasteiger partial charge in [-0.1, -0.05) is 29.8 Å². The maximum atomic E-state index is 13.8. The lowest BCUT2D eigenvalue weighted by Crippen LogP contribution is -2.32. The van der Waals surface area contributed by atoms with Crippen LogP contribution in [0.5, 0.6) is 0 Å². The molecule has 4 rings (SSSR count). The van der Waals surface area contributed by atoms with E-state index in [0.29, 0.717) is 58.0 Å². The highest BCUT2D eigenvalue weighted by atomic mass is 35.5. The van der Waals surface area contributed by atoms with E-state index in [1.165, 1.54) is 7.11 Å². The third kappa shape index (κ3) is 6.60. The van der Waals surface area contributed by atoms with Crippen LogP contribution in [0.4, 0.5) is 16.2 Å². The molecule has 208 valence electrons. The normalized spacial score (nSPS) is 14.4. The van der Waals surface area contributed by atoms with Crippen molar-refractivity contribution in [2.45, 2.75) is 32.8 Å². The molecule has 0 aromatic heterocycles. The van der Waals surface area contributed by atoms with Gasteiger partial charge in [-0.25, -0.2) is 9.59 Å². The Morgan fingerprint density at radius 1 is 0.975 bits per heavy atom. The summed E-state index contributed by atoms with van der Waals surface area (Å²) >= 11 is 6.26. The Kier molecular flexibility index (Phi) is 9.06. The fourth-order valence-corrected chi connectivity index (χ4v) is 4.73. The molecule has 40 heavy (non-hydrogen) atoms. The summed E-state index contributed by atoms with van der Waals surface area (Å²) in [6, 6.07) is 17.5. The predicted octanol–water partition coefficient (Wildman–Crippen LogP) is 6.02. The Bertz CT molecular complexity index is 1460. The summed E-state index contributed by atoms with van der Waals surface area (Å²) in [4.78, 5) is 51.7. The van der Waals surface area contributed by atoms with E-state index in [9.17, 15) is 19.2 Å². The van der Waals surface area contributed by atoms with Gasteiger partial charge in [0.1, 0.15) is 6.10 Å². The average molecular weight is 565 g/mol. The molecule has 10 heteroatoms. The van der Waals surface area contributed by atoms with Gasteiger partial charge in [0.2, 0.25) is 0 Å². The van der Waals surface area contributed by atoms with Gasteiger partial charge in [0.25, 0.3) is 11.8 Å². The molecule has 1 N–H and O–H groups in total. The number of carbonyl (C=O) groups excluding carboxylic acids is 4. The van der Waals surface area contributed by atoms with Crippen molar-refractivity contribution >= 4 is 46.9 Å². The summed E-state index contributed by atoms with van der Waals surface area (Å²) in [5.74, 6) is -1.19. The van der Waals surface area contributed by atoms with Gasteiger partial charge in [-0.3, -0.25) is 9.59 Å². The topological polar surface area (TPSA) is 111 Å². The van der Waals surface area contributed by atoms with E-state index in [0.717, 1.165) is 5.56 Å². The first-order chi connectivity index (χ1) is 19.2. The molecule has 0 aliphatic carbocycles. The fourth-order valence-electron chi connectivity index (χ4n) is 4.55. The molecule has 1 atom stereocenters. The lowest BCUT2D eigenvalue weighted by molar-refractivity contribution is -0.145. The number of amides is 2. The van der Waals surface area contributed by atoms with Crippen molar-refractivity contribution in [1.29, 1.82) is 0 Å². The number of hydrogen-bond donors (Lipinski definition) is 1. The second-order valence-corrected chi connectivity index (χ2v) is 9.76. The second kappa shape index (κ2) is 12.7. The first-order valence-electron chi connectivity index (χ1n) is 12.7. The van der Waals surface area contributed by atoms with Crippen molar-refractivity contribution in [3.05, 3.63) is 93.5 Å². The van der Waals surface area contributed by atoms with Gasteiger partial charge >= 0.3 is 12.1 Å². The molecule has 1 aliphatic rings. The number of nitrogens with zero attached hydrogens (tertiary/aromatic N) is 1. The average Bonchev–Trinajstić information content (AvgIpc) is 3.10. The number of fused-ring (bicyclic) bond motifs is 1. The molecule has 3 aromatic rings. The number of esters is 1. The smallest absolute Gasteiger partial charge is 0.466 e. The number of ether oxygens (including phenoxy) is 3. The third-order valence-corrected chi connectivity index (χ3v) is 6.83. The van der Waals surface area contributed by atoms with Gasteiger partial charge in [-0.05, 0) is 80.3 Å². The van der Waals surface area contributed by atoms with Gasteiger partial charge < -0.3 is 24.4 Å². The van der Waals surface area contributed by atoms with E-state index in [1.54, 1.807) is 54.3 Å². The summed E-state index contributed by atoms with van der Waals surface area (Å²) in [6.45, 7) is 3.47. The zero-order valence-electron chi connectivity index (χ0n) is 22.4. The largest absolute Gasteiger partial charge is 0.509 e. The monoisotopic (exact) mass is 564 g/mol. The van der Waals surface area contributed by atoms with Crippen LogP contribution >= 0.6 is 11.6 Å². The predicted molar refractivity (Wildman–Crippen MR) is 150 cm³/mol. The maximum absolute atomic E-state index is 13.8. The van der Waals surface area contributed by atoms with Crippen LogP contribution in [0.2, 0.25) is 5.02 Å². The van der Waals surface area contributed by atoms with Crippen LogP contribution in [-0.2, 0) is 19.0 Å². The van der Waals surface area contributed by atoms with Gasteiger partial charge in [-0.15, -0.1) is 0 Å². The number of nitrogens with one attached hydrogen (secondary N) is 1. The summed E-state index contributed by atoms with van der Waals surface area (Å²) in [5.41, 5.74) is 4.26. The number of rotatable bonds is 6. The number of aryl methyl sites for hydroxylation is 2. The summed E-state index contributed by atoms with van der Waals surface area (Å²) < 4.78 is 14.8. The molecule has 0 saturated heterocycles. The summed E-state index contributed by atoms with van der Waals surface area (Å²) in [7, 11) is 1.18. The Morgan fingerprint density at radius 3 is 2.48 bits per heavy atom. The third-order valence-electron chi connectivity index (χ3n) is 6.60. The van der Waals surface area contributed by atoms with E-state index in [4.69, 9.17) is 21.1 Å². The highest BCUT2D eigenvalue weighted by molar-refractivity contribution is 6.30. The van der Waals surface area contributed by atoms with E-state index < -0.39 is 24.8 Å². The van der Waals surface area contributed by atoms with Crippen LogP contribution in [-0.4, -0.2) is 44.2 Å². The SMILES string of the molecule is COC(=O)COC(=O)OC1CCCN(C(=O)c2ccc(NC(=O)c3ccccc3C)cc2C)c2ccc(Cl)cc21. The molecule has 1 aliphatic heterocycles. The van der Waals surface area contributed by atoms with Crippen molar-refractivity contribution in [1.82, 2.24) is 0 Å². The Labute approximate surface area is 237 Å². The van der Waals surface area contributed by atoms with Crippen molar-refractivity contribution < 1.29 is 33.4 Å². The summed E-state index contributed by atoms with van der Waals surface area (Å²) in [5, 5.41) is 3.31. The number of anilines is 2. The van der Waals surface area contributed by atoms with E-state index in [-0.39, 0.29) is 11.8 Å². The van der Waals surface area contributed by atoms with Crippen LogP contribution in [0.15, 0.2) is 60.7 Å². The lowest BCUT2D eigenvalue weighted by Gasteiger charge is -2.25. The first kappa shape index (κ1) is 28.6. The minimum Gasteiger partial charge on any atom is -0.466 e. The van der Waals surface area contributed by atoms with Gasteiger partial charge in [-0.2, -0.15) is 0 Å². The highest BCUT2D eigenvalue weighted by Gasteiger charge is 2.30. The van der Waals surface area contributed by atoms with Crippen LogP contribution in [0.25, 0.3) is 0 Å². The van der Waals surface area contributed by atoms with Gasteiger partial charge in [0, 0.05) is 33.9 Å². The Balaban J connectivity index is 1.55. The zero-order chi connectivity index (χ0) is 28.8. The second-order valence-electron chi connectivity index (χ2n) is 9.32. The van der Waals surface area contributed by atoms with Crippen LogP contribution in [0, 0.1) is 13.8 Å². The van der Waals surface area contributed by atoms with Crippen LogP contribution in [0.1, 0.15) is 56.4 Å². The van der Waals surface area contributed by atoms with Crippen molar-refractivity contribution in [2.24, 2.45) is 0 Å². The number of benzene rings is 3. The molecule has 0 bridgehead atoms. The van der Waals surface area contributed by atoms with E-state index in [1.807, 2.05) is 25.1 Å². The number of halogens is 1. The van der Waals surface area contributed by atoms with Crippen molar-refractivity contribution in [3.8, 4) is 0 Å². The lowest BCUT2D eigenvalue weighted by atomic mass is 10.0. The van der Waals surface area contributed by atoms with E-state index in [2.05, 4.69) is 10.1 Å². The number of methoxy groups -OCH3 is 1. The molecular formula is C30H29ClN2O7. The van der Waals surface area contributed by atoms with Crippen molar-refractivity contribution in [3.63, 3.8) is 0 Å². The van der Waals surface area contributed by atoms with Crippen molar-refractivity contribution in [2.75, 3.05) is 30.5 Å². The molecule has 3 aromatic carbocycles. The standard InChI is InChI=1S/C30H29ClN2O7/c1-18-7-4-5-8-22(18)28(35)32-21-11-12-23(19(2)15-21)29(36)33-14-6-9-26(24-16-20(31)10-13-25(24)33)40-30(37)39-17-27(34)38-3/h4-5,7-8,10-13,15-16,26H,6,9,14,17H2,1-3H3,(H,32,35). The molecule has 9 nitrogen and oxygen atoms in total.